The summed E-state index contributed by atoms with van der Waals surface area (Å²) in [6.07, 6.45) is 6.89. The first-order chi connectivity index (χ1) is 21.4. The number of nitrogens with one attached hydrogen (secondary N) is 1. The van der Waals surface area contributed by atoms with Crippen LogP contribution < -0.4 is 10.2 Å². The summed E-state index contributed by atoms with van der Waals surface area (Å²) in [5.74, 6) is -3.62. The minimum Gasteiger partial charge on any atom is -0.463 e. The number of amides is 3. The van der Waals surface area contributed by atoms with E-state index < -0.39 is 53.4 Å². The molecular weight excluding hydrogens is 586 g/mol. The van der Waals surface area contributed by atoms with E-state index in [-0.39, 0.29) is 45.1 Å². The maximum atomic E-state index is 14.5. The first-order valence-corrected chi connectivity index (χ1v) is 15.2. The summed E-state index contributed by atoms with van der Waals surface area (Å²) in [6, 6.07) is 14.4. The molecule has 2 aromatic carbocycles. The number of hydrogen-bond acceptors (Lipinski definition) is 7. The fourth-order valence-electron chi connectivity index (χ4n) is 6.81. The second-order valence-electron chi connectivity index (χ2n) is 11.4. The van der Waals surface area contributed by atoms with Crippen LogP contribution in [-0.4, -0.2) is 77.7 Å². The van der Waals surface area contributed by atoms with Gasteiger partial charge in [0.1, 0.15) is 18.2 Å². The molecule has 2 fully saturated rings. The molecule has 11 heteroatoms. The largest absolute Gasteiger partial charge is 0.463 e. The van der Waals surface area contributed by atoms with Crippen molar-refractivity contribution in [2.75, 3.05) is 31.2 Å². The Morgan fingerprint density at radius 1 is 1.00 bits per heavy atom. The Bertz CT molecular complexity index is 1500. The summed E-state index contributed by atoms with van der Waals surface area (Å²) in [6.45, 7) is 0.0393. The van der Waals surface area contributed by atoms with Crippen LogP contribution in [-0.2, 0) is 28.7 Å². The molecule has 0 aliphatic carbocycles. The molecule has 6 rings (SSSR count). The van der Waals surface area contributed by atoms with Gasteiger partial charge in [0.05, 0.1) is 34.7 Å². The number of carbonyl (C=O) groups excluding carboxylic acids is 4. The van der Waals surface area contributed by atoms with Crippen LogP contribution in [0.4, 0.5) is 5.69 Å². The number of anilines is 1. The van der Waals surface area contributed by atoms with Crippen molar-refractivity contribution >= 4 is 41.0 Å². The Morgan fingerprint density at radius 2 is 1.77 bits per heavy atom. The summed E-state index contributed by atoms with van der Waals surface area (Å²) in [7, 11) is 0. The minimum atomic E-state index is -1.45. The van der Waals surface area contributed by atoms with Gasteiger partial charge in [-0.15, -0.1) is 0 Å². The van der Waals surface area contributed by atoms with Gasteiger partial charge in [0.25, 0.3) is 5.91 Å². The number of likely N-dealkylation sites (tertiary alicyclic amines) is 1. The lowest BCUT2D eigenvalue weighted by Gasteiger charge is -2.35. The third kappa shape index (κ3) is 5.31. The smallest absolute Gasteiger partial charge is 0.306 e. The number of para-hydroxylation sites is 1. The van der Waals surface area contributed by atoms with Gasteiger partial charge < -0.3 is 29.7 Å². The fraction of sp³-hybridized carbons (Fsp3) is 0.394. The second kappa shape index (κ2) is 12.6. The third-order valence-electron chi connectivity index (χ3n) is 8.77. The second-order valence-corrected chi connectivity index (χ2v) is 11.8. The molecule has 4 aliphatic rings. The molecule has 230 valence electrons. The number of carbonyl (C=O) groups is 4. The van der Waals surface area contributed by atoms with E-state index in [0.29, 0.717) is 17.1 Å². The highest BCUT2D eigenvalue weighted by Gasteiger charge is 2.71. The van der Waals surface area contributed by atoms with E-state index in [9.17, 15) is 24.3 Å². The Hall–Kier alpha value is -3.99. The van der Waals surface area contributed by atoms with Crippen LogP contribution >= 0.6 is 11.6 Å². The third-order valence-corrected chi connectivity index (χ3v) is 9.09. The molecule has 0 saturated carbocycles. The first kappa shape index (κ1) is 30.1. The number of hydrogen-bond donors (Lipinski definition) is 2. The molecule has 4 heterocycles. The average molecular weight is 620 g/mol. The molecular formula is C33H34ClN3O7. The van der Waals surface area contributed by atoms with Crippen LogP contribution in [0.15, 0.2) is 78.9 Å². The molecule has 0 aromatic heterocycles. The maximum absolute atomic E-state index is 14.5. The number of esters is 1. The van der Waals surface area contributed by atoms with Gasteiger partial charge in [0.2, 0.25) is 11.8 Å². The predicted octanol–water partition coefficient (Wildman–Crippen LogP) is 2.96. The molecule has 10 nitrogen and oxygen atoms in total. The van der Waals surface area contributed by atoms with Crippen LogP contribution in [0.25, 0.3) is 0 Å². The van der Waals surface area contributed by atoms with Crippen LogP contribution in [0.1, 0.15) is 30.9 Å². The SMILES string of the molecule is O=C1CC/C=C\[C@@H]2O[C@@]34C=CCN(c5ccccc5Cl)C(=O)[C@@H]3N(CCCO)C(=O)[C@H]4[C@@H]2C(=O)N[C@@H](c2ccccc2)CO1. The monoisotopic (exact) mass is 619 g/mol. The molecule has 44 heavy (non-hydrogen) atoms. The minimum absolute atomic E-state index is 0.0727. The van der Waals surface area contributed by atoms with Crippen LogP contribution in [0.3, 0.4) is 0 Å². The zero-order valence-corrected chi connectivity index (χ0v) is 24.8. The van der Waals surface area contributed by atoms with E-state index in [2.05, 4.69) is 5.32 Å². The van der Waals surface area contributed by atoms with Gasteiger partial charge in [0.15, 0.2) is 0 Å². The molecule has 4 aliphatic heterocycles. The molecule has 2 N–H and O–H groups in total. The van der Waals surface area contributed by atoms with Crippen LogP contribution in [0, 0.1) is 11.8 Å². The van der Waals surface area contributed by atoms with Crippen molar-refractivity contribution in [3.8, 4) is 0 Å². The highest BCUT2D eigenvalue weighted by molar-refractivity contribution is 6.34. The number of cyclic esters (lactones) is 1. The van der Waals surface area contributed by atoms with Crippen molar-refractivity contribution in [1.29, 1.82) is 0 Å². The van der Waals surface area contributed by atoms with Crippen molar-refractivity contribution in [2.24, 2.45) is 11.8 Å². The van der Waals surface area contributed by atoms with Crippen molar-refractivity contribution in [3.63, 3.8) is 0 Å². The molecule has 3 amide bonds. The van der Waals surface area contributed by atoms with E-state index in [4.69, 9.17) is 21.1 Å². The number of aliphatic hydroxyl groups excluding tert-OH is 1. The number of rotatable bonds is 5. The number of nitrogens with zero attached hydrogens (tertiary/aromatic N) is 2. The summed E-state index contributed by atoms with van der Waals surface area (Å²) < 4.78 is 12.2. The molecule has 1 spiro atoms. The highest BCUT2D eigenvalue weighted by atomic mass is 35.5. The quantitative estimate of drug-likeness (QED) is 0.389. The number of aliphatic hydroxyl groups is 1. The molecule has 6 atom stereocenters. The Kier molecular flexibility index (Phi) is 8.57. The van der Waals surface area contributed by atoms with Gasteiger partial charge in [-0.3, -0.25) is 19.2 Å². The van der Waals surface area contributed by atoms with Crippen molar-refractivity contribution in [2.45, 2.75) is 43.1 Å². The summed E-state index contributed by atoms with van der Waals surface area (Å²) in [5, 5.41) is 13.1. The Balaban J connectivity index is 1.43. The Morgan fingerprint density at radius 3 is 2.55 bits per heavy atom. The lowest BCUT2D eigenvalue weighted by Crippen LogP contribution is -2.55. The summed E-state index contributed by atoms with van der Waals surface area (Å²) in [4.78, 5) is 58.4. The van der Waals surface area contributed by atoms with Gasteiger partial charge in [-0.05, 0) is 30.5 Å². The standard InChI is InChI=1S/C33H34ClN3O7/c34-22-12-4-5-13-24(22)36-17-8-16-33-28(31(41)37(18-9-19-38)29(33)32(36)42)27-25(44-33)14-6-7-15-26(39)43-20-23(35-30(27)40)21-10-2-1-3-11-21/h1-6,8,10-14,16,23,25,27-29,38H,7,9,15,17-20H2,(H,35,40)/b14-6-/t23-,25+,27-,28-,29+,33-/m1/s1. The number of halogens is 1. The number of fused-ring (bicyclic) bond motifs is 2. The summed E-state index contributed by atoms with van der Waals surface area (Å²) in [5.41, 5.74) is -0.214. The number of benzene rings is 2. The topological polar surface area (TPSA) is 125 Å². The van der Waals surface area contributed by atoms with E-state index in [0.717, 1.165) is 5.56 Å². The zero-order valence-electron chi connectivity index (χ0n) is 24.0. The summed E-state index contributed by atoms with van der Waals surface area (Å²) >= 11 is 6.51. The molecule has 2 saturated heterocycles. The fourth-order valence-corrected chi connectivity index (χ4v) is 7.04. The lowest BCUT2D eigenvalue weighted by molar-refractivity contribution is -0.146. The van der Waals surface area contributed by atoms with Gasteiger partial charge >= 0.3 is 5.97 Å². The van der Waals surface area contributed by atoms with Gasteiger partial charge in [-0.25, -0.2) is 0 Å². The van der Waals surface area contributed by atoms with Crippen molar-refractivity contribution in [3.05, 3.63) is 89.5 Å². The first-order valence-electron chi connectivity index (χ1n) is 14.9. The molecule has 0 unspecified atom stereocenters. The predicted molar refractivity (Wildman–Crippen MR) is 161 cm³/mol. The number of ether oxygens (including phenoxy) is 2. The normalized spacial score (nSPS) is 31.2. The van der Waals surface area contributed by atoms with E-state index in [1.54, 1.807) is 48.6 Å². The number of allylic oxidation sites excluding steroid dienone is 1. The average Bonchev–Trinajstić information content (AvgIpc) is 3.41. The van der Waals surface area contributed by atoms with Gasteiger partial charge in [0, 0.05) is 26.1 Å². The zero-order chi connectivity index (χ0) is 30.8. The highest BCUT2D eigenvalue weighted by Crippen LogP contribution is 2.53. The van der Waals surface area contributed by atoms with Gasteiger partial charge in [-0.1, -0.05) is 78.4 Å². The molecule has 0 radical (unpaired) electrons. The molecule has 2 aromatic rings. The van der Waals surface area contributed by atoms with Crippen LogP contribution in [0.5, 0.6) is 0 Å². The van der Waals surface area contributed by atoms with E-state index in [1.165, 1.54) is 9.80 Å². The molecule has 0 bridgehead atoms. The van der Waals surface area contributed by atoms with Gasteiger partial charge in [-0.2, -0.15) is 0 Å². The maximum Gasteiger partial charge on any atom is 0.306 e. The van der Waals surface area contributed by atoms with E-state index in [1.807, 2.05) is 30.3 Å². The van der Waals surface area contributed by atoms with Crippen LogP contribution in [0.2, 0.25) is 5.02 Å². The lowest BCUT2D eigenvalue weighted by atomic mass is 9.77. The van der Waals surface area contributed by atoms with E-state index >= 15 is 0 Å². The Labute approximate surface area is 260 Å². The van der Waals surface area contributed by atoms with Crippen molar-refractivity contribution in [1.82, 2.24) is 10.2 Å². The van der Waals surface area contributed by atoms with Crippen molar-refractivity contribution < 1.29 is 33.8 Å².